The van der Waals surface area contributed by atoms with Gasteiger partial charge in [0.2, 0.25) is 5.91 Å². The molecule has 8 nitrogen and oxygen atoms in total. The van der Waals surface area contributed by atoms with Crippen LogP contribution in [0.5, 0.6) is 0 Å². The van der Waals surface area contributed by atoms with Crippen LogP contribution in [0, 0.1) is 0 Å². The van der Waals surface area contributed by atoms with E-state index in [0.29, 0.717) is 30.6 Å². The fourth-order valence-corrected chi connectivity index (χ4v) is 4.87. The molecule has 8 heteroatoms. The highest BCUT2D eigenvalue weighted by atomic mass is 16.5. The summed E-state index contributed by atoms with van der Waals surface area (Å²) in [4.78, 5) is 46.7. The third kappa shape index (κ3) is 6.89. The lowest BCUT2D eigenvalue weighted by molar-refractivity contribution is -0.147. The van der Waals surface area contributed by atoms with Crippen LogP contribution in [0.3, 0.4) is 0 Å². The van der Waals surface area contributed by atoms with E-state index in [0.717, 1.165) is 11.1 Å². The number of anilines is 1. The van der Waals surface area contributed by atoms with Gasteiger partial charge in [0.1, 0.15) is 6.61 Å². The molecule has 2 aromatic carbocycles. The van der Waals surface area contributed by atoms with Gasteiger partial charge in [0.25, 0.3) is 0 Å². The number of rotatable bonds is 9. The quantitative estimate of drug-likeness (QED) is 0.400. The lowest BCUT2D eigenvalue weighted by Crippen LogP contribution is -2.50. The maximum Gasteiger partial charge on any atom is 0.331 e. The topological polar surface area (TPSA) is 100 Å². The Balaban J connectivity index is 1.61. The number of carboxylic acid groups (broad SMARTS) is 1. The van der Waals surface area contributed by atoms with E-state index in [9.17, 15) is 19.5 Å². The number of hydrogen-bond donors (Lipinski definition) is 1. The predicted molar refractivity (Wildman–Crippen MR) is 148 cm³/mol. The van der Waals surface area contributed by atoms with Crippen molar-refractivity contribution in [3.8, 4) is 0 Å². The van der Waals surface area contributed by atoms with Crippen LogP contribution < -0.4 is 4.90 Å². The van der Waals surface area contributed by atoms with Gasteiger partial charge in [-0.15, -0.1) is 0 Å². The third-order valence-corrected chi connectivity index (χ3v) is 6.96. The number of esters is 1. The smallest absolute Gasteiger partial charge is 0.331 e. The number of carbonyl (C=O) groups is 3. The van der Waals surface area contributed by atoms with Gasteiger partial charge in [-0.25, -0.2) is 4.79 Å². The van der Waals surface area contributed by atoms with Crippen LogP contribution in [0.15, 0.2) is 79.1 Å². The Bertz CT molecular complexity index is 1270. The number of benzene rings is 2. The van der Waals surface area contributed by atoms with Crippen LogP contribution in [0.4, 0.5) is 5.69 Å². The summed E-state index contributed by atoms with van der Waals surface area (Å²) in [7, 11) is 0. The zero-order chi connectivity index (χ0) is 28.0. The van der Waals surface area contributed by atoms with Gasteiger partial charge in [0.05, 0.1) is 12.6 Å². The first kappa shape index (κ1) is 28.0. The second-order valence-electron chi connectivity index (χ2n) is 10.8. The Kier molecular flexibility index (Phi) is 8.76. The Morgan fingerprint density at radius 1 is 1.05 bits per heavy atom. The van der Waals surface area contributed by atoms with Crippen LogP contribution in [0.25, 0.3) is 0 Å². The number of carbonyl (C=O) groups excluding carboxylic acids is 2. The first-order chi connectivity index (χ1) is 18.6. The zero-order valence-corrected chi connectivity index (χ0v) is 22.6. The zero-order valence-electron chi connectivity index (χ0n) is 22.6. The highest BCUT2D eigenvalue weighted by Gasteiger charge is 2.41. The van der Waals surface area contributed by atoms with Crippen molar-refractivity contribution in [2.75, 3.05) is 18.0 Å². The number of pyridine rings is 1. The van der Waals surface area contributed by atoms with Gasteiger partial charge in [-0.2, -0.15) is 0 Å². The SMILES string of the molecule is CC(C)(C)c1ccc(N(C(=O)[C@H]2CCCN2CC(=O)OCc2ccccc2)C(C(=O)O)c2cccnc2)cc1. The summed E-state index contributed by atoms with van der Waals surface area (Å²) in [5.41, 5.74) is 2.71. The molecule has 3 aromatic rings. The number of amides is 1. The summed E-state index contributed by atoms with van der Waals surface area (Å²) in [6.45, 7) is 6.92. The summed E-state index contributed by atoms with van der Waals surface area (Å²) in [6, 6.07) is 18.2. The summed E-state index contributed by atoms with van der Waals surface area (Å²) >= 11 is 0. The molecule has 2 atom stereocenters. The average Bonchev–Trinajstić information content (AvgIpc) is 3.38. The van der Waals surface area contributed by atoms with Crippen LogP contribution in [-0.4, -0.2) is 52.0 Å². The lowest BCUT2D eigenvalue weighted by Gasteiger charge is -2.34. The molecule has 1 saturated heterocycles. The van der Waals surface area contributed by atoms with Gasteiger partial charge in [-0.05, 0) is 54.1 Å². The summed E-state index contributed by atoms with van der Waals surface area (Å²) in [5.74, 6) is -1.96. The fraction of sp³-hybridized carbons (Fsp3) is 0.355. The monoisotopic (exact) mass is 529 g/mol. The number of aromatic nitrogens is 1. The minimum Gasteiger partial charge on any atom is -0.479 e. The van der Waals surface area contributed by atoms with Gasteiger partial charge in [-0.3, -0.25) is 24.4 Å². The van der Waals surface area contributed by atoms with Gasteiger partial charge < -0.3 is 9.84 Å². The second kappa shape index (κ2) is 12.2. The van der Waals surface area contributed by atoms with Gasteiger partial charge >= 0.3 is 11.9 Å². The molecule has 39 heavy (non-hydrogen) atoms. The number of ether oxygens (including phenoxy) is 1. The molecule has 2 heterocycles. The largest absolute Gasteiger partial charge is 0.479 e. The summed E-state index contributed by atoms with van der Waals surface area (Å²) in [5, 5.41) is 10.3. The minimum absolute atomic E-state index is 0.0509. The summed E-state index contributed by atoms with van der Waals surface area (Å²) in [6.07, 6.45) is 4.26. The molecule has 1 aliphatic heterocycles. The molecular weight excluding hydrogens is 494 g/mol. The van der Waals surface area contributed by atoms with Crippen molar-refractivity contribution in [2.24, 2.45) is 0 Å². The van der Waals surface area contributed by atoms with E-state index >= 15 is 0 Å². The third-order valence-electron chi connectivity index (χ3n) is 6.96. The predicted octanol–water partition coefficient (Wildman–Crippen LogP) is 4.75. The lowest BCUT2D eigenvalue weighted by atomic mass is 9.87. The van der Waals surface area contributed by atoms with E-state index < -0.39 is 24.0 Å². The van der Waals surface area contributed by atoms with Crippen LogP contribution >= 0.6 is 0 Å². The van der Waals surface area contributed by atoms with Crippen LogP contribution in [0.2, 0.25) is 0 Å². The van der Waals surface area contributed by atoms with Gasteiger partial charge in [0.15, 0.2) is 6.04 Å². The van der Waals surface area contributed by atoms with Crippen molar-refractivity contribution in [3.63, 3.8) is 0 Å². The highest BCUT2D eigenvalue weighted by molar-refractivity contribution is 6.02. The maximum absolute atomic E-state index is 14.2. The summed E-state index contributed by atoms with van der Waals surface area (Å²) < 4.78 is 5.46. The van der Waals surface area contributed by atoms with Crippen molar-refractivity contribution in [1.82, 2.24) is 9.88 Å². The van der Waals surface area contributed by atoms with Gasteiger partial charge in [0, 0.05) is 23.6 Å². The molecule has 0 spiro atoms. The van der Waals surface area contributed by atoms with E-state index in [-0.39, 0.29) is 24.5 Å². The van der Waals surface area contributed by atoms with Crippen molar-refractivity contribution in [1.29, 1.82) is 0 Å². The van der Waals surface area contributed by atoms with E-state index in [4.69, 9.17) is 4.74 Å². The number of hydrogen-bond acceptors (Lipinski definition) is 6. The first-order valence-electron chi connectivity index (χ1n) is 13.1. The van der Waals surface area contributed by atoms with Crippen molar-refractivity contribution >= 4 is 23.5 Å². The average molecular weight is 530 g/mol. The molecule has 0 aliphatic carbocycles. The Morgan fingerprint density at radius 2 is 1.77 bits per heavy atom. The van der Waals surface area contributed by atoms with Crippen molar-refractivity contribution in [2.45, 2.75) is 57.7 Å². The molecule has 204 valence electrons. The minimum atomic E-state index is -1.28. The molecule has 1 amide bonds. The van der Waals surface area contributed by atoms with E-state index in [1.54, 1.807) is 35.4 Å². The molecule has 0 bridgehead atoms. The van der Waals surface area contributed by atoms with E-state index in [1.165, 1.54) is 11.1 Å². The fourth-order valence-electron chi connectivity index (χ4n) is 4.87. The Labute approximate surface area is 229 Å². The highest BCUT2D eigenvalue weighted by Crippen LogP contribution is 2.33. The molecule has 1 fully saturated rings. The molecule has 1 N–H and O–H groups in total. The molecule has 1 aliphatic rings. The number of likely N-dealkylation sites (tertiary alicyclic amines) is 1. The van der Waals surface area contributed by atoms with Gasteiger partial charge in [-0.1, -0.05) is 69.3 Å². The van der Waals surface area contributed by atoms with Crippen LogP contribution in [-0.2, 0) is 31.1 Å². The molecule has 0 radical (unpaired) electrons. The molecule has 0 saturated carbocycles. The number of aliphatic carboxylic acids is 1. The number of nitrogens with zero attached hydrogens (tertiary/aromatic N) is 3. The van der Waals surface area contributed by atoms with E-state index in [1.807, 2.05) is 42.5 Å². The Morgan fingerprint density at radius 3 is 2.38 bits per heavy atom. The first-order valence-corrected chi connectivity index (χ1v) is 13.1. The second-order valence-corrected chi connectivity index (χ2v) is 10.8. The number of carboxylic acids is 1. The molecular formula is C31H35N3O5. The van der Waals surface area contributed by atoms with Crippen molar-refractivity contribution in [3.05, 3.63) is 95.8 Å². The van der Waals surface area contributed by atoms with E-state index in [2.05, 4.69) is 25.8 Å². The normalized spacial score (nSPS) is 16.4. The standard InChI is InChI=1S/C31H35N3O5/c1-31(2,3)24-13-15-25(16-14-24)34(28(30(37)38)23-11-7-17-32-19-23)29(36)26-12-8-18-33(26)20-27(35)39-21-22-9-5-4-6-10-22/h4-7,9-11,13-17,19,26,28H,8,12,18,20-21H2,1-3H3,(H,37,38)/t26-,28?/m1/s1. The molecule has 1 unspecified atom stereocenters. The maximum atomic E-state index is 14.2. The molecule has 4 rings (SSSR count). The van der Waals surface area contributed by atoms with Crippen molar-refractivity contribution < 1.29 is 24.2 Å². The molecule has 1 aromatic heterocycles. The Hall–Kier alpha value is -4.04. The van der Waals surface area contributed by atoms with Crippen LogP contribution in [0.1, 0.15) is 56.3 Å².